The van der Waals surface area contributed by atoms with Crippen molar-refractivity contribution in [1.29, 1.82) is 0 Å². The van der Waals surface area contributed by atoms with Crippen LogP contribution in [0.2, 0.25) is 0 Å². The van der Waals surface area contributed by atoms with Gasteiger partial charge in [0.05, 0.1) is 0 Å². The summed E-state index contributed by atoms with van der Waals surface area (Å²) < 4.78 is 1.36. The van der Waals surface area contributed by atoms with Crippen molar-refractivity contribution in [2.24, 2.45) is 0 Å². The van der Waals surface area contributed by atoms with Gasteiger partial charge in [-0.15, -0.1) is 0 Å². The van der Waals surface area contributed by atoms with Crippen molar-refractivity contribution in [3.05, 3.63) is 66.2 Å². The lowest BCUT2D eigenvalue weighted by atomic mass is 10.1. The van der Waals surface area contributed by atoms with Crippen LogP contribution in [0, 0.1) is 31.6 Å². The van der Waals surface area contributed by atoms with Gasteiger partial charge in [0, 0.05) is 19.9 Å². The van der Waals surface area contributed by atoms with Crippen LogP contribution in [0.15, 0.2) is 44.4 Å². The van der Waals surface area contributed by atoms with Crippen molar-refractivity contribution in [2.45, 2.75) is 9.79 Å². The zero-order valence-corrected chi connectivity index (χ0v) is 9.65. The minimum atomic E-state index is 1.29. The molecule has 1 aliphatic carbocycles. The first-order valence-electron chi connectivity index (χ1n) is 4.80. The van der Waals surface area contributed by atoms with Crippen LogP contribution in [0.25, 0.3) is 0 Å². The molecule has 0 aromatic heterocycles. The van der Waals surface area contributed by atoms with Crippen LogP contribution >= 0.6 is 23.5 Å². The van der Waals surface area contributed by atoms with Crippen LogP contribution in [-0.2, 0) is 0 Å². The van der Waals surface area contributed by atoms with E-state index >= 15 is 0 Å². The van der Waals surface area contributed by atoms with Gasteiger partial charge in [-0.05, 0) is 37.8 Å². The first kappa shape index (κ1) is 9.86. The molecule has 0 nitrogen and oxygen atoms in total. The minimum absolute atomic E-state index is 1.29. The van der Waals surface area contributed by atoms with Crippen LogP contribution in [0.5, 0.6) is 0 Å². The maximum atomic E-state index is 2.25. The molecule has 0 saturated heterocycles. The molecule has 15 heavy (non-hydrogen) atoms. The molecule has 1 heterocycles. The van der Waals surface area contributed by atoms with Crippen LogP contribution < -0.4 is 0 Å². The average Bonchev–Trinajstić information content (AvgIpc) is 2.86. The summed E-state index contributed by atoms with van der Waals surface area (Å²) in [6.45, 7) is 0. The summed E-state index contributed by atoms with van der Waals surface area (Å²) in [6.07, 6.45) is 10.7. The van der Waals surface area contributed by atoms with Gasteiger partial charge in [0.1, 0.15) is 0 Å². The molecule has 1 aromatic carbocycles. The minimum Gasteiger partial charge on any atom is -0.0819 e. The van der Waals surface area contributed by atoms with E-state index in [1.165, 1.54) is 19.9 Å². The Hall–Kier alpha value is -0.340. The summed E-state index contributed by atoms with van der Waals surface area (Å²) in [5, 5.41) is 0. The van der Waals surface area contributed by atoms with Gasteiger partial charge in [-0.2, -0.15) is 0 Å². The fourth-order valence-electron chi connectivity index (χ4n) is 1.54. The molecule has 0 amide bonds. The SMILES string of the molecule is [CH]1[CH][CH][C](C=C2Sc3ccccc3S2)[CH]1. The van der Waals surface area contributed by atoms with Crippen LogP contribution in [0.4, 0.5) is 0 Å². The molecule has 2 aliphatic rings. The summed E-state index contributed by atoms with van der Waals surface area (Å²) in [5.74, 6) is 1.29. The van der Waals surface area contributed by atoms with Crippen molar-refractivity contribution >= 4 is 23.5 Å². The second kappa shape index (κ2) is 4.26. The van der Waals surface area contributed by atoms with Gasteiger partial charge in [-0.1, -0.05) is 41.7 Å². The number of hydrogen-bond acceptors (Lipinski definition) is 2. The zero-order valence-electron chi connectivity index (χ0n) is 8.01. The Morgan fingerprint density at radius 2 is 1.47 bits per heavy atom. The average molecular weight is 229 g/mol. The van der Waals surface area contributed by atoms with Gasteiger partial charge < -0.3 is 0 Å². The van der Waals surface area contributed by atoms with Crippen molar-refractivity contribution in [2.75, 3.05) is 0 Å². The Labute approximate surface area is 99.5 Å². The molecule has 0 spiro atoms. The number of hydrogen-bond donors (Lipinski definition) is 0. The molecule has 0 bridgehead atoms. The molecule has 2 heteroatoms. The van der Waals surface area contributed by atoms with Gasteiger partial charge >= 0.3 is 0 Å². The maximum Gasteiger partial charge on any atom is 0.0465 e. The molecule has 1 fully saturated rings. The molecular weight excluding hydrogens is 220 g/mol. The second-order valence-corrected chi connectivity index (χ2v) is 5.76. The normalized spacial score (nSPS) is 20.7. The quantitative estimate of drug-likeness (QED) is 0.710. The first-order valence-corrected chi connectivity index (χ1v) is 6.43. The van der Waals surface area contributed by atoms with E-state index in [0.717, 1.165) is 0 Å². The van der Waals surface area contributed by atoms with Gasteiger partial charge in [-0.3, -0.25) is 0 Å². The third kappa shape index (κ3) is 2.11. The Bertz CT molecular complexity index is 362. The highest BCUT2D eigenvalue weighted by Crippen LogP contribution is 2.51. The topological polar surface area (TPSA) is 0 Å². The standard InChI is InChI=1S/C13H9S2/c1-2-6-10(5-1)9-13-14-11-7-3-4-8-12(11)15-13/h1-9H. The van der Waals surface area contributed by atoms with E-state index in [1.54, 1.807) is 0 Å². The van der Waals surface area contributed by atoms with Gasteiger partial charge in [0.2, 0.25) is 0 Å². The zero-order chi connectivity index (χ0) is 10.1. The van der Waals surface area contributed by atoms with Gasteiger partial charge in [0.15, 0.2) is 0 Å². The Morgan fingerprint density at radius 3 is 2.07 bits per heavy atom. The van der Waals surface area contributed by atoms with Gasteiger partial charge in [-0.25, -0.2) is 0 Å². The predicted molar refractivity (Wildman–Crippen MR) is 66.7 cm³/mol. The van der Waals surface area contributed by atoms with Crippen LogP contribution in [-0.4, -0.2) is 0 Å². The van der Waals surface area contributed by atoms with E-state index in [1.807, 2.05) is 23.5 Å². The summed E-state index contributed by atoms with van der Waals surface area (Å²) in [7, 11) is 0. The number of benzene rings is 1. The van der Waals surface area contributed by atoms with Crippen LogP contribution in [0.1, 0.15) is 0 Å². The lowest BCUT2D eigenvalue weighted by molar-refractivity contribution is 1.27. The largest absolute Gasteiger partial charge is 0.0819 e. The molecular formula is C13H9S2. The molecule has 73 valence electrons. The highest BCUT2D eigenvalue weighted by Gasteiger charge is 2.20. The predicted octanol–water partition coefficient (Wildman–Crippen LogP) is 4.13. The number of thioether (sulfide) groups is 2. The summed E-state index contributed by atoms with van der Waals surface area (Å²) in [4.78, 5) is 2.75. The monoisotopic (exact) mass is 229 g/mol. The Morgan fingerprint density at radius 1 is 0.867 bits per heavy atom. The van der Waals surface area contributed by atoms with E-state index in [2.05, 4.69) is 56.0 Å². The molecule has 1 aliphatic heterocycles. The third-order valence-corrected chi connectivity index (χ3v) is 4.66. The molecule has 0 atom stereocenters. The third-order valence-electron chi connectivity index (χ3n) is 2.24. The second-order valence-electron chi connectivity index (χ2n) is 3.33. The van der Waals surface area contributed by atoms with E-state index in [0.29, 0.717) is 0 Å². The van der Waals surface area contributed by atoms with Crippen molar-refractivity contribution < 1.29 is 0 Å². The van der Waals surface area contributed by atoms with Gasteiger partial charge in [0.25, 0.3) is 0 Å². The Balaban J connectivity index is 1.77. The summed E-state index contributed by atoms with van der Waals surface area (Å²) >= 11 is 3.72. The number of rotatable bonds is 1. The molecule has 0 unspecified atom stereocenters. The molecule has 1 saturated carbocycles. The fourth-order valence-corrected chi connectivity index (χ4v) is 3.95. The molecule has 5 radical (unpaired) electrons. The number of allylic oxidation sites excluding steroid dienone is 1. The highest BCUT2D eigenvalue weighted by atomic mass is 32.2. The van der Waals surface area contributed by atoms with Crippen molar-refractivity contribution in [3.63, 3.8) is 0 Å². The van der Waals surface area contributed by atoms with E-state index < -0.39 is 0 Å². The molecule has 0 N–H and O–H groups in total. The highest BCUT2D eigenvalue weighted by molar-refractivity contribution is 8.24. The van der Waals surface area contributed by atoms with E-state index in [9.17, 15) is 0 Å². The Kier molecular flexibility index (Phi) is 2.80. The smallest absolute Gasteiger partial charge is 0.0465 e. The molecule has 1 aromatic rings. The lowest BCUT2D eigenvalue weighted by Crippen LogP contribution is -1.84. The van der Waals surface area contributed by atoms with E-state index in [-0.39, 0.29) is 0 Å². The lowest BCUT2D eigenvalue weighted by Gasteiger charge is -2.00. The maximum absolute atomic E-state index is 2.25. The summed E-state index contributed by atoms with van der Waals surface area (Å²) in [6, 6.07) is 8.55. The molecule has 3 rings (SSSR count). The first-order chi connectivity index (χ1) is 7.42. The number of fused-ring (bicyclic) bond motifs is 1. The summed E-state index contributed by atoms with van der Waals surface area (Å²) in [5.41, 5.74) is 0. The van der Waals surface area contributed by atoms with Crippen LogP contribution in [0.3, 0.4) is 0 Å². The van der Waals surface area contributed by atoms with Crippen molar-refractivity contribution in [1.82, 2.24) is 0 Å². The fraction of sp³-hybridized carbons (Fsp3) is 0. The van der Waals surface area contributed by atoms with Crippen molar-refractivity contribution in [3.8, 4) is 0 Å². The van der Waals surface area contributed by atoms with E-state index in [4.69, 9.17) is 0 Å².